The van der Waals surface area contributed by atoms with E-state index in [9.17, 15) is 4.79 Å². The van der Waals surface area contributed by atoms with Crippen LogP contribution in [0.5, 0.6) is 11.5 Å². The number of hydrogen-bond donors (Lipinski definition) is 2. The molecule has 126 valence electrons. The molecule has 7 nitrogen and oxygen atoms in total. The van der Waals surface area contributed by atoms with Crippen LogP contribution in [0, 0.1) is 0 Å². The lowest BCUT2D eigenvalue weighted by atomic mass is 10.1. The van der Waals surface area contributed by atoms with Crippen LogP contribution < -0.4 is 20.5 Å². The second-order valence-corrected chi connectivity index (χ2v) is 5.90. The van der Waals surface area contributed by atoms with Crippen molar-refractivity contribution in [2.24, 2.45) is 0 Å². The summed E-state index contributed by atoms with van der Waals surface area (Å²) < 4.78 is 11.4. The molecule has 0 saturated heterocycles. The fourth-order valence-electron chi connectivity index (χ4n) is 2.36. The maximum atomic E-state index is 12.3. The number of anilines is 1. The minimum absolute atomic E-state index is 0.0949. The van der Waals surface area contributed by atoms with Crippen LogP contribution in [0.15, 0.2) is 30.3 Å². The molecule has 0 unspecified atom stereocenters. The Kier molecular flexibility index (Phi) is 4.50. The molecule has 0 radical (unpaired) electrons. The second-order valence-electron chi connectivity index (χ2n) is 5.90. The first-order valence-electron chi connectivity index (χ1n) is 7.84. The molecule has 1 aliphatic rings. The Balaban J connectivity index is 1.62. The maximum Gasteiger partial charge on any atom is 0.270 e. The van der Waals surface area contributed by atoms with Crippen molar-refractivity contribution in [3.8, 4) is 11.5 Å². The highest BCUT2D eigenvalue weighted by Gasteiger charge is 2.22. The molecule has 0 aliphatic carbocycles. The van der Waals surface area contributed by atoms with E-state index in [2.05, 4.69) is 15.3 Å². The number of carbonyl (C=O) groups is 1. The molecular weight excluding hydrogens is 308 g/mol. The smallest absolute Gasteiger partial charge is 0.270 e. The maximum absolute atomic E-state index is 12.3. The summed E-state index contributed by atoms with van der Waals surface area (Å²) in [6, 6.07) is 9.10. The average Bonchev–Trinajstić information content (AvgIpc) is 2.58. The summed E-state index contributed by atoms with van der Waals surface area (Å²) in [5.74, 6) is 1.33. The van der Waals surface area contributed by atoms with E-state index in [1.807, 2.05) is 38.1 Å². The lowest BCUT2D eigenvalue weighted by Crippen LogP contribution is -2.41. The van der Waals surface area contributed by atoms with Crippen LogP contribution in [0.2, 0.25) is 0 Å². The number of rotatable bonds is 4. The van der Waals surface area contributed by atoms with Crippen LogP contribution in [0.4, 0.5) is 5.95 Å². The number of para-hydroxylation sites is 2. The van der Waals surface area contributed by atoms with Gasteiger partial charge in [0.1, 0.15) is 18.4 Å². The minimum atomic E-state index is -0.312. The first-order chi connectivity index (χ1) is 11.5. The standard InChI is InChI=1S/C17H20N4O3/c1-10(2)12-7-13(21-17(18)20-12)16(22)19-8-11-9-23-14-5-3-4-6-15(14)24-11/h3-7,10-11H,8-9H2,1-2H3,(H,19,22)(H2,18,20,21)/t11-/m0/s1. The van der Waals surface area contributed by atoms with Gasteiger partial charge in [0.25, 0.3) is 5.91 Å². The Morgan fingerprint density at radius 1 is 1.33 bits per heavy atom. The fourth-order valence-corrected chi connectivity index (χ4v) is 2.36. The van der Waals surface area contributed by atoms with Crippen molar-refractivity contribution in [1.29, 1.82) is 0 Å². The van der Waals surface area contributed by atoms with E-state index < -0.39 is 0 Å². The third-order valence-corrected chi connectivity index (χ3v) is 3.65. The van der Waals surface area contributed by atoms with Gasteiger partial charge in [-0.15, -0.1) is 0 Å². The van der Waals surface area contributed by atoms with Crippen LogP contribution in [0.25, 0.3) is 0 Å². The van der Waals surface area contributed by atoms with Gasteiger partial charge in [-0.2, -0.15) is 0 Å². The summed E-state index contributed by atoms with van der Waals surface area (Å²) in [5, 5.41) is 2.80. The highest BCUT2D eigenvalue weighted by Crippen LogP contribution is 2.30. The lowest BCUT2D eigenvalue weighted by molar-refractivity contribution is 0.0786. The zero-order valence-electron chi connectivity index (χ0n) is 13.7. The molecule has 1 aromatic heterocycles. The number of aromatic nitrogens is 2. The van der Waals surface area contributed by atoms with Gasteiger partial charge in [0, 0.05) is 5.69 Å². The Labute approximate surface area is 140 Å². The molecule has 24 heavy (non-hydrogen) atoms. The number of ether oxygens (including phenoxy) is 2. The Morgan fingerprint density at radius 2 is 2.08 bits per heavy atom. The minimum Gasteiger partial charge on any atom is -0.486 e. The highest BCUT2D eigenvalue weighted by molar-refractivity contribution is 5.92. The molecule has 0 bridgehead atoms. The van der Waals surface area contributed by atoms with Crippen molar-refractivity contribution in [2.75, 3.05) is 18.9 Å². The molecule has 1 atom stereocenters. The van der Waals surface area contributed by atoms with Gasteiger partial charge >= 0.3 is 0 Å². The van der Waals surface area contributed by atoms with Crippen LogP contribution in [-0.2, 0) is 0 Å². The molecule has 0 saturated carbocycles. The average molecular weight is 328 g/mol. The van der Waals surface area contributed by atoms with Gasteiger partial charge in [-0.1, -0.05) is 26.0 Å². The Hall–Kier alpha value is -2.83. The quantitative estimate of drug-likeness (QED) is 0.887. The van der Waals surface area contributed by atoms with Gasteiger partial charge in [-0.25, -0.2) is 9.97 Å². The predicted molar refractivity (Wildman–Crippen MR) is 89.2 cm³/mol. The van der Waals surface area contributed by atoms with E-state index in [1.165, 1.54) is 0 Å². The number of benzene rings is 1. The summed E-state index contributed by atoms with van der Waals surface area (Å²) in [5.41, 5.74) is 6.67. The first-order valence-corrected chi connectivity index (χ1v) is 7.84. The lowest BCUT2D eigenvalue weighted by Gasteiger charge is -2.26. The number of amides is 1. The van der Waals surface area contributed by atoms with Crippen molar-refractivity contribution in [2.45, 2.75) is 25.9 Å². The molecule has 2 aromatic rings. The number of nitrogens with two attached hydrogens (primary N) is 1. The topological polar surface area (TPSA) is 99.4 Å². The first kappa shape index (κ1) is 16.0. The normalized spacial score (nSPS) is 16.0. The number of nitrogen functional groups attached to an aromatic ring is 1. The second kappa shape index (κ2) is 6.74. The monoisotopic (exact) mass is 328 g/mol. The zero-order valence-corrected chi connectivity index (χ0v) is 13.7. The van der Waals surface area contributed by atoms with Crippen LogP contribution in [-0.4, -0.2) is 35.1 Å². The summed E-state index contributed by atoms with van der Waals surface area (Å²) in [4.78, 5) is 20.4. The van der Waals surface area contributed by atoms with Crippen LogP contribution in [0.1, 0.15) is 35.9 Å². The predicted octanol–water partition coefficient (Wildman–Crippen LogP) is 1.75. The van der Waals surface area contributed by atoms with Crippen molar-refractivity contribution in [3.05, 3.63) is 41.7 Å². The molecule has 0 spiro atoms. The van der Waals surface area contributed by atoms with E-state index >= 15 is 0 Å². The Bertz CT molecular complexity index is 748. The third-order valence-electron chi connectivity index (χ3n) is 3.65. The van der Waals surface area contributed by atoms with E-state index in [4.69, 9.17) is 15.2 Å². The van der Waals surface area contributed by atoms with Gasteiger partial charge in [-0.3, -0.25) is 4.79 Å². The van der Waals surface area contributed by atoms with Gasteiger partial charge < -0.3 is 20.5 Å². The number of fused-ring (bicyclic) bond motifs is 1. The molecule has 1 aromatic carbocycles. The van der Waals surface area contributed by atoms with Crippen molar-refractivity contribution in [3.63, 3.8) is 0 Å². The molecule has 0 fully saturated rings. The fraction of sp³-hybridized carbons (Fsp3) is 0.353. The molecule has 1 aliphatic heterocycles. The number of carbonyl (C=O) groups excluding carboxylic acids is 1. The van der Waals surface area contributed by atoms with Gasteiger partial charge in [0.05, 0.1) is 6.54 Å². The van der Waals surface area contributed by atoms with Crippen LogP contribution >= 0.6 is 0 Å². The van der Waals surface area contributed by atoms with Crippen molar-refractivity contribution < 1.29 is 14.3 Å². The summed E-state index contributed by atoms with van der Waals surface area (Å²) in [7, 11) is 0. The van der Waals surface area contributed by atoms with Gasteiger partial charge in [0.2, 0.25) is 5.95 Å². The number of hydrogen-bond acceptors (Lipinski definition) is 6. The molecule has 3 N–H and O–H groups in total. The molecule has 7 heteroatoms. The third kappa shape index (κ3) is 3.56. The van der Waals surface area contributed by atoms with Crippen molar-refractivity contribution >= 4 is 11.9 Å². The van der Waals surface area contributed by atoms with Gasteiger partial charge in [0.15, 0.2) is 11.5 Å². The summed E-state index contributed by atoms with van der Waals surface area (Å²) in [6.45, 7) is 4.65. The number of nitrogens with zero attached hydrogens (tertiary/aromatic N) is 2. The Morgan fingerprint density at radius 3 is 2.83 bits per heavy atom. The van der Waals surface area contributed by atoms with E-state index in [1.54, 1.807) is 6.07 Å². The molecular formula is C17H20N4O3. The largest absolute Gasteiger partial charge is 0.486 e. The summed E-state index contributed by atoms with van der Waals surface area (Å²) >= 11 is 0. The SMILES string of the molecule is CC(C)c1cc(C(=O)NC[C@H]2COc3ccccc3O2)nc(N)n1. The van der Waals surface area contributed by atoms with Crippen LogP contribution in [0.3, 0.4) is 0 Å². The zero-order chi connectivity index (χ0) is 17.1. The summed E-state index contributed by atoms with van der Waals surface area (Å²) in [6.07, 6.45) is -0.257. The van der Waals surface area contributed by atoms with Gasteiger partial charge in [-0.05, 0) is 24.1 Å². The molecule has 3 rings (SSSR count). The van der Waals surface area contributed by atoms with E-state index in [-0.39, 0.29) is 29.6 Å². The van der Waals surface area contributed by atoms with Crippen molar-refractivity contribution in [1.82, 2.24) is 15.3 Å². The van der Waals surface area contributed by atoms with E-state index in [0.29, 0.717) is 24.7 Å². The molecule has 2 heterocycles. The van der Waals surface area contributed by atoms with E-state index in [0.717, 1.165) is 5.69 Å². The number of nitrogens with one attached hydrogen (secondary N) is 1. The molecule has 1 amide bonds. The highest BCUT2D eigenvalue weighted by atomic mass is 16.6.